The predicted molar refractivity (Wildman–Crippen MR) is 57.5 cm³/mol. The van der Waals surface area contributed by atoms with Gasteiger partial charge >= 0.3 is 23.9 Å². The summed E-state index contributed by atoms with van der Waals surface area (Å²) < 4.78 is 110. The Hall–Kier alpha value is -1.76. The molecule has 0 bridgehead atoms. The van der Waals surface area contributed by atoms with Crippen LogP contribution in [0.2, 0.25) is 0 Å². The van der Waals surface area contributed by atoms with Crippen molar-refractivity contribution in [1.29, 1.82) is 0 Å². The van der Waals surface area contributed by atoms with Gasteiger partial charge in [0.2, 0.25) is 0 Å². The number of alkyl halides is 6. The molecular weight excluding hydrogens is 348 g/mol. The van der Waals surface area contributed by atoms with Gasteiger partial charge in [0.25, 0.3) is 10.1 Å². The lowest BCUT2D eigenvalue weighted by molar-refractivity contribution is -0.356. The smallest absolute Gasteiger partial charge is 0.435 e. The van der Waals surface area contributed by atoms with Gasteiger partial charge in [0.15, 0.2) is 0 Å². The van der Waals surface area contributed by atoms with E-state index < -0.39 is 45.4 Å². The number of H-pyrrole nitrogens is 1. The van der Waals surface area contributed by atoms with Gasteiger partial charge in [0.1, 0.15) is 5.75 Å². The normalized spacial score (nSPS) is 14.0. The quantitative estimate of drug-likeness (QED) is 0.489. The molecule has 0 spiro atoms. The summed E-state index contributed by atoms with van der Waals surface area (Å²) in [4.78, 5) is 13.6. The van der Waals surface area contributed by atoms with Gasteiger partial charge in [-0.25, -0.2) is 4.79 Å². The summed E-state index contributed by atoms with van der Waals surface area (Å²) in [6, 6.07) is 0.813. The zero-order chi connectivity index (χ0) is 17.4. The fourth-order valence-corrected chi connectivity index (χ4v) is 2.29. The average molecular weight is 355 g/mol. The number of rotatable bonds is 4. The lowest BCUT2D eigenvalue weighted by Crippen LogP contribution is -2.63. The SMILES string of the molecule is O=C(OC(CS(=O)(=O)O)(C(F)(F)F)C(F)(F)F)c1cc[nH]c1. The zero-order valence-corrected chi connectivity index (χ0v) is 11.0. The van der Waals surface area contributed by atoms with E-state index in [1.165, 1.54) is 0 Å². The highest BCUT2D eigenvalue weighted by Gasteiger charge is 2.76. The molecule has 0 aliphatic rings. The Labute approximate surface area is 118 Å². The Kier molecular flexibility index (Phi) is 4.54. The first-order valence-corrected chi connectivity index (χ1v) is 6.75. The number of esters is 1. The van der Waals surface area contributed by atoms with E-state index in [9.17, 15) is 39.6 Å². The molecule has 1 heterocycles. The van der Waals surface area contributed by atoms with Crippen LogP contribution >= 0.6 is 0 Å². The third-order valence-corrected chi connectivity index (χ3v) is 3.17. The van der Waals surface area contributed by atoms with Gasteiger partial charge < -0.3 is 9.72 Å². The van der Waals surface area contributed by atoms with Crippen molar-refractivity contribution in [3.63, 3.8) is 0 Å². The molecule has 0 saturated carbocycles. The summed E-state index contributed by atoms with van der Waals surface area (Å²) in [7, 11) is -5.79. The molecule has 0 aromatic carbocycles. The Balaban J connectivity index is 3.40. The van der Waals surface area contributed by atoms with Gasteiger partial charge in [0.05, 0.1) is 5.56 Å². The largest absolute Gasteiger partial charge is 0.438 e. The number of ether oxygens (including phenoxy) is 1. The number of halogens is 6. The highest BCUT2D eigenvalue weighted by atomic mass is 32.2. The Morgan fingerprint density at radius 1 is 1.18 bits per heavy atom. The summed E-state index contributed by atoms with van der Waals surface area (Å²) in [5, 5.41) is 0. The Morgan fingerprint density at radius 3 is 2.00 bits per heavy atom. The Morgan fingerprint density at radius 2 is 1.68 bits per heavy atom. The van der Waals surface area contributed by atoms with Gasteiger partial charge in [-0.05, 0) is 6.07 Å². The number of carbonyl (C=O) groups is 1. The topological polar surface area (TPSA) is 96.5 Å². The second-order valence-corrected chi connectivity index (χ2v) is 5.49. The van der Waals surface area contributed by atoms with E-state index in [0.29, 0.717) is 0 Å². The minimum atomic E-state index is -6.34. The summed E-state index contributed by atoms with van der Waals surface area (Å²) in [5.74, 6) is -4.98. The number of nitrogens with one attached hydrogen (secondary N) is 1. The molecule has 1 aromatic rings. The average Bonchev–Trinajstić information content (AvgIpc) is 2.75. The van der Waals surface area contributed by atoms with Crippen molar-refractivity contribution in [3.8, 4) is 0 Å². The molecule has 1 rings (SSSR count). The third kappa shape index (κ3) is 3.71. The highest BCUT2D eigenvalue weighted by Crippen LogP contribution is 2.47. The van der Waals surface area contributed by atoms with Crippen LogP contribution < -0.4 is 0 Å². The predicted octanol–water partition coefficient (Wildman–Crippen LogP) is 1.92. The van der Waals surface area contributed by atoms with Gasteiger partial charge in [-0.3, -0.25) is 4.55 Å². The van der Waals surface area contributed by atoms with Crippen LogP contribution in [0.5, 0.6) is 0 Å². The molecule has 0 saturated heterocycles. The van der Waals surface area contributed by atoms with Gasteiger partial charge in [-0.2, -0.15) is 34.8 Å². The molecule has 22 heavy (non-hydrogen) atoms. The van der Waals surface area contributed by atoms with Gasteiger partial charge in [0, 0.05) is 12.4 Å². The number of hydrogen-bond acceptors (Lipinski definition) is 4. The molecule has 0 aliphatic carbocycles. The van der Waals surface area contributed by atoms with Crippen molar-refractivity contribution < 1.29 is 48.8 Å². The molecule has 6 nitrogen and oxygen atoms in total. The molecule has 0 fully saturated rings. The fraction of sp³-hybridized carbons (Fsp3) is 0.444. The van der Waals surface area contributed by atoms with Crippen LogP contribution in [0.4, 0.5) is 26.3 Å². The van der Waals surface area contributed by atoms with Crippen LogP contribution in [0.3, 0.4) is 0 Å². The second kappa shape index (κ2) is 5.46. The molecule has 0 radical (unpaired) electrons. The standard InChI is InChI=1S/C9H7F6NO5S/c10-8(11,12)7(9(13,14)15,4-22(18,19)20)21-6(17)5-1-2-16-3-5/h1-3,16H,4H2,(H,18,19,20). The molecule has 0 unspecified atom stereocenters. The van der Waals surface area contributed by atoms with E-state index >= 15 is 0 Å². The lowest BCUT2D eigenvalue weighted by Gasteiger charge is -2.35. The number of carbonyl (C=O) groups excluding carboxylic acids is 1. The Bertz CT molecular complexity index is 618. The molecule has 0 atom stereocenters. The van der Waals surface area contributed by atoms with Crippen molar-refractivity contribution >= 4 is 16.1 Å². The van der Waals surface area contributed by atoms with Crippen LogP contribution in [0, 0.1) is 0 Å². The first-order chi connectivity index (χ1) is 9.70. The van der Waals surface area contributed by atoms with Crippen molar-refractivity contribution in [2.75, 3.05) is 5.75 Å². The zero-order valence-electron chi connectivity index (χ0n) is 10.2. The van der Waals surface area contributed by atoms with Crippen molar-refractivity contribution in [3.05, 3.63) is 24.0 Å². The van der Waals surface area contributed by atoms with Gasteiger partial charge in [-0.15, -0.1) is 0 Å². The minimum absolute atomic E-state index is 0.701. The maximum Gasteiger partial charge on any atom is 0.438 e. The van der Waals surface area contributed by atoms with E-state index in [1.54, 1.807) is 0 Å². The van der Waals surface area contributed by atoms with Crippen LogP contribution in [0.1, 0.15) is 10.4 Å². The molecule has 13 heteroatoms. The lowest BCUT2D eigenvalue weighted by atomic mass is 10.1. The van der Waals surface area contributed by atoms with Crippen molar-refractivity contribution in [2.45, 2.75) is 18.0 Å². The van der Waals surface area contributed by atoms with Gasteiger partial charge in [-0.1, -0.05) is 0 Å². The number of hydrogen-bond donors (Lipinski definition) is 2. The van der Waals surface area contributed by atoms with E-state index in [2.05, 4.69) is 9.72 Å². The van der Waals surface area contributed by atoms with Crippen LogP contribution in [0.25, 0.3) is 0 Å². The monoisotopic (exact) mass is 355 g/mol. The molecular formula is C9H7F6NO5S. The minimum Gasteiger partial charge on any atom is -0.435 e. The molecule has 126 valence electrons. The van der Waals surface area contributed by atoms with Crippen LogP contribution in [0.15, 0.2) is 18.5 Å². The summed E-state index contributed by atoms with van der Waals surface area (Å²) in [5.41, 5.74) is -6.10. The highest BCUT2D eigenvalue weighted by molar-refractivity contribution is 7.85. The van der Waals surface area contributed by atoms with Crippen molar-refractivity contribution in [2.24, 2.45) is 0 Å². The van der Waals surface area contributed by atoms with Crippen molar-refractivity contribution in [1.82, 2.24) is 4.98 Å². The molecule has 2 N–H and O–H groups in total. The van der Waals surface area contributed by atoms with E-state index in [1.807, 2.05) is 0 Å². The number of aromatic amines is 1. The molecule has 1 aromatic heterocycles. The molecule has 0 aliphatic heterocycles. The number of aromatic nitrogens is 1. The maximum absolute atomic E-state index is 12.8. The van der Waals surface area contributed by atoms with Crippen LogP contribution in [-0.2, 0) is 14.9 Å². The summed E-state index contributed by atoms with van der Waals surface area (Å²) in [6.07, 6.45) is -10.9. The fourth-order valence-electron chi connectivity index (χ4n) is 1.39. The van der Waals surface area contributed by atoms with E-state index in [-0.39, 0.29) is 0 Å². The second-order valence-electron chi connectivity index (χ2n) is 4.04. The third-order valence-electron chi connectivity index (χ3n) is 2.40. The van der Waals surface area contributed by atoms with E-state index in [4.69, 9.17) is 4.55 Å². The first kappa shape index (κ1) is 18.3. The first-order valence-electron chi connectivity index (χ1n) is 5.14. The molecule has 0 amide bonds. The summed E-state index contributed by atoms with van der Waals surface area (Å²) in [6.45, 7) is 0. The summed E-state index contributed by atoms with van der Waals surface area (Å²) >= 11 is 0. The maximum atomic E-state index is 12.8. The van der Waals surface area contributed by atoms with Crippen LogP contribution in [-0.4, -0.2) is 47.6 Å². The van der Waals surface area contributed by atoms with E-state index in [0.717, 1.165) is 18.5 Å².